The maximum absolute atomic E-state index is 12.6. The Balaban J connectivity index is 1.28. The van der Waals surface area contributed by atoms with Gasteiger partial charge in [-0.05, 0) is 80.1 Å². The lowest BCUT2D eigenvalue weighted by atomic mass is 9.98. The van der Waals surface area contributed by atoms with Crippen LogP contribution in [0.2, 0.25) is 0 Å². The number of imidazole rings is 1. The molecule has 1 saturated heterocycles. The van der Waals surface area contributed by atoms with E-state index in [-0.39, 0.29) is 11.9 Å². The summed E-state index contributed by atoms with van der Waals surface area (Å²) in [5.41, 5.74) is 4.70. The molecule has 36 heavy (non-hydrogen) atoms. The number of aryl methyl sites for hydroxylation is 1. The molecule has 2 fully saturated rings. The third-order valence-corrected chi connectivity index (χ3v) is 7.01. The van der Waals surface area contributed by atoms with Gasteiger partial charge in [-0.1, -0.05) is 12.1 Å². The van der Waals surface area contributed by atoms with Crippen molar-refractivity contribution >= 4 is 39.1 Å². The van der Waals surface area contributed by atoms with E-state index in [9.17, 15) is 9.59 Å². The number of halogens is 1. The van der Waals surface area contributed by atoms with E-state index in [4.69, 9.17) is 4.74 Å². The van der Waals surface area contributed by atoms with Gasteiger partial charge >= 0.3 is 6.09 Å². The second-order valence-electron chi connectivity index (χ2n) is 11.0. The monoisotopic (exact) mass is 553 g/mol. The molecule has 2 aliphatic rings. The lowest BCUT2D eigenvalue weighted by Gasteiger charge is -2.39. The van der Waals surface area contributed by atoms with Gasteiger partial charge < -0.3 is 15.0 Å². The Kier molecular flexibility index (Phi) is 6.53. The zero-order valence-electron chi connectivity index (χ0n) is 21.2. The van der Waals surface area contributed by atoms with Crippen molar-refractivity contribution in [3.8, 4) is 11.3 Å². The molecule has 1 N–H and O–H groups in total. The molecule has 190 valence electrons. The number of nitrogens with one attached hydrogen (secondary N) is 1. The SMILES string of the molecule is Cc1cc(-c2cnc3c(NCC4CN(C(=O)OC(C)(C)C)C4)cc(Br)nn23)ccc1C(=O)CC1CC1. The highest BCUT2D eigenvalue weighted by molar-refractivity contribution is 9.10. The normalized spacial score (nSPS) is 16.2. The fourth-order valence-corrected chi connectivity index (χ4v) is 4.91. The molecule has 2 aromatic heterocycles. The first-order chi connectivity index (χ1) is 17.1. The van der Waals surface area contributed by atoms with E-state index in [0.717, 1.165) is 33.7 Å². The predicted octanol–water partition coefficient (Wildman–Crippen LogP) is 5.73. The van der Waals surface area contributed by atoms with Crippen molar-refractivity contribution in [3.05, 3.63) is 46.2 Å². The van der Waals surface area contributed by atoms with Gasteiger partial charge in [0.05, 0.1) is 17.6 Å². The number of Topliss-reactive ketones (excluding diaryl/α,β-unsaturated/α-hetero) is 1. The van der Waals surface area contributed by atoms with E-state index in [1.54, 1.807) is 4.90 Å². The maximum atomic E-state index is 12.6. The third-order valence-electron chi connectivity index (χ3n) is 6.62. The number of ketones is 1. The van der Waals surface area contributed by atoms with Gasteiger partial charge in [0.2, 0.25) is 0 Å². The number of hydrogen-bond acceptors (Lipinski definition) is 6. The number of amides is 1. The number of hydrogen-bond donors (Lipinski definition) is 1. The summed E-state index contributed by atoms with van der Waals surface area (Å²) in [6, 6.07) is 7.87. The van der Waals surface area contributed by atoms with Crippen LogP contribution >= 0.6 is 15.9 Å². The van der Waals surface area contributed by atoms with Gasteiger partial charge in [0, 0.05) is 43.1 Å². The number of benzene rings is 1. The zero-order chi connectivity index (χ0) is 25.6. The molecule has 1 aliphatic carbocycles. The van der Waals surface area contributed by atoms with Crippen LogP contribution in [-0.4, -0.2) is 56.6 Å². The summed E-state index contributed by atoms with van der Waals surface area (Å²) < 4.78 is 7.95. The highest BCUT2D eigenvalue weighted by atomic mass is 79.9. The zero-order valence-corrected chi connectivity index (χ0v) is 22.8. The van der Waals surface area contributed by atoms with Crippen molar-refractivity contribution in [1.29, 1.82) is 0 Å². The van der Waals surface area contributed by atoms with Gasteiger partial charge in [-0.25, -0.2) is 14.3 Å². The lowest BCUT2D eigenvalue weighted by molar-refractivity contribution is 0.000838. The Morgan fingerprint density at radius 1 is 1.17 bits per heavy atom. The molecule has 8 nitrogen and oxygen atoms in total. The van der Waals surface area contributed by atoms with Crippen LogP contribution < -0.4 is 5.32 Å². The molecule has 1 amide bonds. The molecule has 9 heteroatoms. The van der Waals surface area contributed by atoms with E-state index in [0.29, 0.717) is 42.5 Å². The second kappa shape index (κ2) is 9.50. The summed E-state index contributed by atoms with van der Waals surface area (Å²) in [6.45, 7) is 9.65. The summed E-state index contributed by atoms with van der Waals surface area (Å²) in [7, 11) is 0. The molecule has 1 aliphatic heterocycles. The minimum absolute atomic E-state index is 0.230. The first-order valence-corrected chi connectivity index (χ1v) is 13.3. The second-order valence-corrected chi connectivity index (χ2v) is 11.8. The fourth-order valence-electron chi connectivity index (χ4n) is 4.52. The Bertz CT molecular complexity index is 1320. The Morgan fingerprint density at radius 2 is 1.92 bits per heavy atom. The Hall–Kier alpha value is -2.94. The van der Waals surface area contributed by atoms with Gasteiger partial charge in [-0.15, -0.1) is 0 Å². The summed E-state index contributed by atoms with van der Waals surface area (Å²) in [5, 5.41) is 8.12. The number of carbonyl (C=O) groups is 2. The summed E-state index contributed by atoms with van der Waals surface area (Å²) in [5.74, 6) is 1.14. The van der Waals surface area contributed by atoms with Crippen LogP contribution in [0.4, 0.5) is 10.5 Å². The molecular formula is C27H32BrN5O3. The average Bonchev–Trinajstić information content (AvgIpc) is 3.46. The first kappa shape index (κ1) is 24.7. The number of ether oxygens (including phenoxy) is 1. The van der Waals surface area contributed by atoms with Crippen LogP contribution in [0.5, 0.6) is 0 Å². The van der Waals surface area contributed by atoms with Gasteiger partial charge in [-0.3, -0.25) is 4.79 Å². The van der Waals surface area contributed by atoms with E-state index >= 15 is 0 Å². The molecule has 0 unspecified atom stereocenters. The van der Waals surface area contributed by atoms with Gasteiger partial charge in [-0.2, -0.15) is 5.10 Å². The van der Waals surface area contributed by atoms with E-state index in [2.05, 4.69) is 31.3 Å². The lowest BCUT2D eigenvalue weighted by Crippen LogP contribution is -2.53. The highest BCUT2D eigenvalue weighted by Crippen LogP contribution is 2.34. The molecule has 0 bridgehead atoms. The van der Waals surface area contributed by atoms with Crippen LogP contribution in [0.3, 0.4) is 0 Å². The summed E-state index contributed by atoms with van der Waals surface area (Å²) in [6.07, 6.45) is 4.54. The molecule has 5 rings (SSSR count). The fraction of sp³-hybridized carbons (Fsp3) is 0.481. The molecule has 1 saturated carbocycles. The van der Waals surface area contributed by atoms with Crippen LogP contribution in [0.1, 0.15) is 56.0 Å². The number of rotatable bonds is 7. The topological polar surface area (TPSA) is 88.8 Å². The number of fused-ring (bicyclic) bond motifs is 1. The van der Waals surface area contributed by atoms with Crippen molar-refractivity contribution in [2.75, 3.05) is 25.0 Å². The van der Waals surface area contributed by atoms with Gasteiger partial charge in [0.1, 0.15) is 10.2 Å². The quantitative estimate of drug-likeness (QED) is 0.376. The first-order valence-electron chi connectivity index (χ1n) is 12.5. The molecular weight excluding hydrogens is 522 g/mol. The minimum Gasteiger partial charge on any atom is -0.444 e. The van der Waals surface area contributed by atoms with Crippen molar-refractivity contribution in [3.63, 3.8) is 0 Å². The molecule has 1 aromatic carbocycles. The van der Waals surface area contributed by atoms with Crippen molar-refractivity contribution < 1.29 is 14.3 Å². The van der Waals surface area contributed by atoms with E-state index < -0.39 is 5.60 Å². The number of anilines is 1. The van der Waals surface area contributed by atoms with Crippen LogP contribution in [0, 0.1) is 18.8 Å². The molecule has 0 radical (unpaired) electrons. The Morgan fingerprint density at radius 3 is 2.58 bits per heavy atom. The predicted molar refractivity (Wildman–Crippen MR) is 142 cm³/mol. The number of aromatic nitrogens is 3. The summed E-state index contributed by atoms with van der Waals surface area (Å²) >= 11 is 3.53. The molecule has 0 atom stereocenters. The minimum atomic E-state index is -0.487. The van der Waals surface area contributed by atoms with Crippen molar-refractivity contribution in [2.45, 2.75) is 52.6 Å². The standard InChI is InChI=1S/C27H32BrN5O3/c1-16-9-19(7-8-20(16)23(34)10-17-5-6-17)22-13-30-25-21(11-24(28)31-33(22)25)29-12-18-14-32(15-18)26(35)36-27(2,3)4/h7-9,11,13,17-18,29H,5-6,10,12,14-15H2,1-4H3. The number of carbonyl (C=O) groups excluding carboxylic acids is 2. The van der Waals surface area contributed by atoms with E-state index in [1.165, 1.54) is 12.8 Å². The largest absolute Gasteiger partial charge is 0.444 e. The van der Waals surface area contributed by atoms with Crippen LogP contribution in [0.25, 0.3) is 16.9 Å². The molecule has 0 spiro atoms. The third kappa shape index (κ3) is 5.40. The van der Waals surface area contributed by atoms with Gasteiger partial charge in [0.25, 0.3) is 0 Å². The maximum Gasteiger partial charge on any atom is 0.410 e. The molecule has 3 heterocycles. The van der Waals surface area contributed by atoms with Crippen molar-refractivity contribution in [1.82, 2.24) is 19.5 Å². The highest BCUT2D eigenvalue weighted by Gasteiger charge is 2.33. The van der Waals surface area contributed by atoms with Crippen LogP contribution in [-0.2, 0) is 4.74 Å². The number of nitrogens with zero attached hydrogens (tertiary/aromatic N) is 4. The smallest absolute Gasteiger partial charge is 0.410 e. The Labute approximate surface area is 219 Å². The summed E-state index contributed by atoms with van der Waals surface area (Å²) in [4.78, 5) is 31.2. The van der Waals surface area contributed by atoms with Crippen LogP contribution in [0.15, 0.2) is 35.1 Å². The average molecular weight is 554 g/mol. The number of likely N-dealkylation sites (tertiary alicyclic amines) is 1. The molecule has 3 aromatic rings. The van der Waals surface area contributed by atoms with Gasteiger partial charge in [0.15, 0.2) is 11.4 Å². The van der Waals surface area contributed by atoms with Crippen molar-refractivity contribution in [2.24, 2.45) is 11.8 Å². The van der Waals surface area contributed by atoms with E-state index in [1.807, 2.05) is 62.7 Å².